The number of nitrogens with two attached hydrogens (primary N) is 1. The summed E-state index contributed by atoms with van der Waals surface area (Å²) in [6.07, 6.45) is 1.19. The molecule has 6 heteroatoms. The number of carbonyl (C=O) groups excluding carboxylic acids is 1. The zero-order valence-corrected chi connectivity index (χ0v) is 17.0. The van der Waals surface area contributed by atoms with Crippen LogP contribution in [-0.2, 0) is 17.8 Å². The lowest BCUT2D eigenvalue weighted by molar-refractivity contribution is -0.129. The Kier molecular flexibility index (Phi) is 7.42. The number of hydrogen-bond acceptors (Lipinski definition) is 5. The maximum absolute atomic E-state index is 12.4. The largest absolute Gasteiger partial charge is 0.489 e. The number of aromatic nitrogens is 1. The highest BCUT2D eigenvalue weighted by Gasteiger charge is 2.14. The van der Waals surface area contributed by atoms with Crippen LogP contribution in [0, 0.1) is 19.8 Å². The fourth-order valence-corrected chi connectivity index (χ4v) is 2.68. The first kappa shape index (κ1) is 21.0. The Balaban J connectivity index is 1.83. The normalized spacial score (nSPS) is 12.3. The van der Waals surface area contributed by atoms with E-state index in [2.05, 4.69) is 19.0 Å². The van der Waals surface area contributed by atoms with Crippen molar-refractivity contribution in [3.63, 3.8) is 0 Å². The van der Waals surface area contributed by atoms with Gasteiger partial charge in [-0.15, -0.1) is 0 Å². The third-order valence-electron chi connectivity index (χ3n) is 4.92. The van der Waals surface area contributed by atoms with Gasteiger partial charge in [0, 0.05) is 19.6 Å². The maximum atomic E-state index is 12.4. The second-order valence-corrected chi connectivity index (χ2v) is 7.42. The van der Waals surface area contributed by atoms with Gasteiger partial charge in [-0.25, -0.2) is 0 Å². The molecule has 0 saturated heterocycles. The Morgan fingerprint density at radius 1 is 1.26 bits per heavy atom. The van der Waals surface area contributed by atoms with Gasteiger partial charge in [-0.05, 0) is 43.9 Å². The van der Waals surface area contributed by atoms with Crippen molar-refractivity contribution in [1.82, 2.24) is 10.1 Å². The minimum absolute atomic E-state index is 0.0929. The fourth-order valence-electron chi connectivity index (χ4n) is 2.68. The summed E-state index contributed by atoms with van der Waals surface area (Å²) < 4.78 is 10.9. The molecule has 1 aromatic heterocycles. The number of amides is 1. The van der Waals surface area contributed by atoms with Crippen LogP contribution in [0.4, 0.5) is 0 Å². The predicted octanol–water partition coefficient (Wildman–Crippen LogP) is 3.24. The molecule has 0 radical (unpaired) electrons. The summed E-state index contributed by atoms with van der Waals surface area (Å²) in [7, 11) is 1.83. The molecule has 1 aromatic carbocycles. The van der Waals surface area contributed by atoms with E-state index < -0.39 is 0 Å². The van der Waals surface area contributed by atoms with Crippen LogP contribution in [0.3, 0.4) is 0 Å². The third-order valence-corrected chi connectivity index (χ3v) is 4.92. The summed E-state index contributed by atoms with van der Waals surface area (Å²) >= 11 is 0. The lowest BCUT2D eigenvalue weighted by atomic mass is 10.0. The van der Waals surface area contributed by atoms with Crippen LogP contribution in [0.1, 0.15) is 42.8 Å². The topological polar surface area (TPSA) is 81.6 Å². The SMILES string of the molecule is Cc1noc(C)c1COc1ccc(CC(=O)N(C)CCC(N)C(C)C)cc1. The van der Waals surface area contributed by atoms with Gasteiger partial charge >= 0.3 is 0 Å². The molecular weight excluding hydrogens is 342 g/mol. The van der Waals surface area contributed by atoms with Gasteiger partial charge < -0.3 is 19.9 Å². The first-order valence-electron chi connectivity index (χ1n) is 9.41. The minimum Gasteiger partial charge on any atom is -0.489 e. The molecule has 6 nitrogen and oxygen atoms in total. The van der Waals surface area contributed by atoms with Gasteiger partial charge in [0.25, 0.3) is 0 Å². The number of ether oxygens (including phenoxy) is 1. The van der Waals surface area contributed by atoms with Crippen molar-refractivity contribution >= 4 is 5.91 Å². The van der Waals surface area contributed by atoms with Gasteiger partial charge in [-0.3, -0.25) is 4.79 Å². The van der Waals surface area contributed by atoms with Gasteiger partial charge in [0.2, 0.25) is 5.91 Å². The van der Waals surface area contributed by atoms with E-state index >= 15 is 0 Å². The second kappa shape index (κ2) is 9.55. The summed E-state index contributed by atoms with van der Waals surface area (Å²) in [6, 6.07) is 7.74. The number of likely N-dealkylation sites (N-methyl/N-ethyl adjacent to an activating group) is 1. The van der Waals surface area contributed by atoms with Gasteiger partial charge in [-0.2, -0.15) is 0 Å². The third kappa shape index (κ3) is 6.10. The molecular formula is C21H31N3O3. The first-order chi connectivity index (χ1) is 12.8. The second-order valence-electron chi connectivity index (χ2n) is 7.42. The van der Waals surface area contributed by atoms with E-state index in [9.17, 15) is 4.79 Å². The molecule has 1 unspecified atom stereocenters. The molecule has 2 aromatic rings. The Morgan fingerprint density at radius 3 is 2.48 bits per heavy atom. The Labute approximate surface area is 161 Å². The van der Waals surface area contributed by atoms with Gasteiger partial charge in [0.1, 0.15) is 18.1 Å². The number of carbonyl (C=O) groups is 1. The van der Waals surface area contributed by atoms with E-state index in [1.165, 1.54) is 0 Å². The minimum atomic E-state index is 0.0929. The van der Waals surface area contributed by atoms with Crippen LogP contribution >= 0.6 is 0 Å². The molecule has 1 amide bonds. The average molecular weight is 373 g/mol. The van der Waals surface area contributed by atoms with Crippen molar-refractivity contribution in [2.75, 3.05) is 13.6 Å². The number of rotatable bonds is 9. The predicted molar refractivity (Wildman–Crippen MR) is 106 cm³/mol. The summed E-state index contributed by atoms with van der Waals surface area (Å²) in [6.45, 7) is 9.06. The molecule has 2 N–H and O–H groups in total. The van der Waals surface area contributed by atoms with E-state index in [0.29, 0.717) is 25.5 Å². The average Bonchev–Trinajstić information content (AvgIpc) is 2.96. The van der Waals surface area contributed by atoms with Crippen molar-refractivity contribution in [3.05, 3.63) is 46.8 Å². The van der Waals surface area contributed by atoms with Crippen LogP contribution in [0.25, 0.3) is 0 Å². The van der Waals surface area contributed by atoms with Crippen LogP contribution in [0.15, 0.2) is 28.8 Å². The lowest BCUT2D eigenvalue weighted by Gasteiger charge is -2.21. The van der Waals surface area contributed by atoms with Crippen molar-refractivity contribution in [2.24, 2.45) is 11.7 Å². The van der Waals surface area contributed by atoms with Crippen molar-refractivity contribution in [2.45, 2.75) is 53.2 Å². The van der Waals surface area contributed by atoms with Crippen LogP contribution in [0.2, 0.25) is 0 Å². The quantitative estimate of drug-likeness (QED) is 0.730. The van der Waals surface area contributed by atoms with Crippen LogP contribution in [-0.4, -0.2) is 35.6 Å². The molecule has 0 bridgehead atoms. The molecule has 0 aliphatic carbocycles. The highest BCUT2D eigenvalue weighted by atomic mass is 16.5. The maximum Gasteiger partial charge on any atom is 0.226 e. The summed E-state index contributed by atoms with van der Waals surface area (Å²) in [5.74, 6) is 2.04. The Morgan fingerprint density at radius 2 is 1.93 bits per heavy atom. The highest BCUT2D eigenvalue weighted by molar-refractivity contribution is 5.78. The number of nitrogens with zero attached hydrogens (tertiary/aromatic N) is 2. The summed E-state index contributed by atoms with van der Waals surface area (Å²) in [5.41, 5.74) is 8.83. The van der Waals surface area contributed by atoms with E-state index in [-0.39, 0.29) is 11.9 Å². The molecule has 2 rings (SSSR count). The molecule has 0 aliphatic rings. The standard InChI is InChI=1S/C21H31N3O3/c1-14(2)20(22)10-11-24(5)21(25)12-17-6-8-18(9-7-17)26-13-19-15(3)23-27-16(19)4/h6-9,14,20H,10-13,22H2,1-5H3. The van der Waals surface area contributed by atoms with Gasteiger partial charge in [-0.1, -0.05) is 31.1 Å². The van der Waals surface area contributed by atoms with E-state index in [0.717, 1.165) is 34.8 Å². The summed E-state index contributed by atoms with van der Waals surface area (Å²) in [5, 5.41) is 3.92. The highest BCUT2D eigenvalue weighted by Crippen LogP contribution is 2.18. The molecule has 148 valence electrons. The van der Waals surface area contributed by atoms with Crippen molar-refractivity contribution in [3.8, 4) is 5.75 Å². The molecule has 0 aliphatic heterocycles. The Hall–Kier alpha value is -2.34. The monoisotopic (exact) mass is 373 g/mol. The zero-order chi connectivity index (χ0) is 20.0. The van der Waals surface area contributed by atoms with E-state index in [1.54, 1.807) is 4.90 Å². The van der Waals surface area contributed by atoms with Crippen LogP contribution in [0.5, 0.6) is 5.75 Å². The van der Waals surface area contributed by atoms with Crippen molar-refractivity contribution < 1.29 is 14.1 Å². The van der Waals surface area contributed by atoms with Crippen LogP contribution < -0.4 is 10.5 Å². The number of benzene rings is 1. The van der Waals surface area contributed by atoms with E-state index in [1.807, 2.05) is 45.2 Å². The molecule has 1 heterocycles. The van der Waals surface area contributed by atoms with E-state index in [4.69, 9.17) is 15.0 Å². The molecule has 1 atom stereocenters. The number of aryl methyl sites for hydroxylation is 2. The Bertz CT molecular complexity index is 718. The summed E-state index contributed by atoms with van der Waals surface area (Å²) in [4.78, 5) is 14.1. The molecule has 0 fully saturated rings. The molecule has 0 saturated carbocycles. The smallest absolute Gasteiger partial charge is 0.226 e. The number of hydrogen-bond donors (Lipinski definition) is 1. The lowest BCUT2D eigenvalue weighted by Crippen LogP contribution is -2.35. The van der Waals surface area contributed by atoms with Gasteiger partial charge in [0.05, 0.1) is 17.7 Å². The van der Waals surface area contributed by atoms with Crippen molar-refractivity contribution in [1.29, 1.82) is 0 Å². The fraction of sp³-hybridized carbons (Fsp3) is 0.524. The molecule has 0 spiro atoms. The molecule has 27 heavy (non-hydrogen) atoms. The zero-order valence-electron chi connectivity index (χ0n) is 17.0. The van der Waals surface area contributed by atoms with Gasteiger partial charge in [0.15, 0.2) is 0 Å². The first-order valence-corrected chi connectivity index (χ1v) is 9.41.